The van der Waals surface area contributed by atoms with Crippen molar-refractivity contribution in [3.05, 3.63) is 90.0 Å². The zero-order chi connectivity index (χ0) is 21.4. The number of carbonyl (C=O) groups excluding carboxylic acids is 1. The van der Waals surface area contributed by atoms with Gasteiger partial charge in [-0.1, -0.05) is 42.5 Å². The Bertz CT molecular complexity index is 1410. The van der Waals surface area contributed by atoms with Crippen molar-refractivity contribution in [3.8, 4) is 17.3 Å². The Hall–Kier alpha value is -4.19. The molecule has 152 valence electrons. The number of para-hydroxylation sites is 2. The molecule has 6 nitrogen and oxygen atoms in total. The number of rotatable bonds is 5. The van der Waals surface area contributed by atoms with Gasteiger partial charge in [0.15, 0.2) is 5.65 Å². The summed E-state index contributed by atoms with van der Waals surface area (Å²) in [7, 11) is 0. The quantitative estimate of drug-likeness (QED) is 0.418. The molecule has 31 heavy (non-hydrogen) atoms. The first-order chi connectivity index (χ1) is 15.2. The minimum Gasteiger partial charge on any atom is -0.494 e. The van der Waals surface area contributed by atoms with Gasteiger partial charge in [-0.3, -0.25) is 9.36 Å². The first-order valence-corrected chi connectivity index (χ1v) is 10.0. The van der Waals surface area contributed by atoms with Crippen LogP contribution in [0.5, 0.6) is 11.6 Å². The maximum absolute atomic E-state index is 13.3. The van der Waals surface area contributed by atoms with E-state index in [9.17, 15) is 9.90 Å². The highest BCUT2D eigenvalue weighted by Crippen LogP contribution is 2.35. The third-order valence-electron chi connectivity index (χ3n) is 5.11. The summed E-state index contributed by atoms with van der Waals surface area (Å²) in [4.78, 5) is 22.8. The van der Waals surface area contributed by atoms with E-state index in [0.717, 1.165) is 5.75 Å². The number of nitrogens with zero attached hydrogens (tertiary/aromatic N) is 3. The van der Waals surface area contributed by atoms with Gasteiger partial charge in [-0.25, -0.2) is 9.97 Å². The maximum atomic E-state index is 13.3. The molecular formula is C25H19N3O3. The van der Waals surface area contributed by atoms with Crippen molar-refractivity contribution in [3.63, 3.8) is 0 Å². The average molecular weight is 409 g/mol. The Morgan fingerprint density at radius 2 is 1.55 bits per heavy atom. The Labute approximate surface area is 178 Å². The molecule has 0 aliphatic rings. The van der Waals surface area contributed by atoms with Gasteiger partial charge in [0, 0.05) is 5.56 Å². The number of hydrogen-bond donors (Lipinski definition) is 1. The van der Waals surface area contributed by atoms with Crippen LogP contribution in [0.1, 0.15) is 22.8 Å². The molecule has 0 fully saturated rings. The van der Waals surface area contributed by atoms with Crippen molar-refractivity contribution in [2.45, 2.75) is 6.92 Å². The molecule has 0 aliphatic carbocycles. The van der Waals surface area contributed by atoms with Crippen LogP contribution in [0.15, 0.2) is 78.9 Å². The lowest BCUT2D eigenvalue weighted by Crippen LogP contribution is -2.02. The van der Waals surface area contributed by atoms with Crippen LogP contribution in [0, 0.1) is 0 Å². The normalized spacial score (nSPS) is 11.1. The number of ether oxygens (including phenoxy) is 1. The Morgan fingerprint density at radius 1 is 0.903 bits per heavy atom. The molecule has 0 spiro atoms. The molecule has 0 unspecified atom stereocenters. The van der Waals surface area contributed by atoms with Gasteiger partial charge >= 0.3 is 0 Å². The minimum atomic E-state index is -0.308. The molecule has 0 radical (unpaired) electrons. The minimum absolute atomic E-state index is 0.133. The molecule has 0 aliphatic heterocycles. The van der Waals surface area contributed by atoms with Crippen LogP contribution in [0.25, 0.3) is 27.9 Å². The van der Waals surface area contributed by atoms with E-state index >= 15 is 0 Å². The van der Waals surface area contributed by atoms with Crippen molar-refractivity contribution >= 4 is 28.0 Å². The highest BCUT2D eigenvalue weighted by atomic mass is 16.5. The Kier molecular flexibility index (Phi) is 4.59. The molecular weight excluding hydrogens is 390 g/mol. The van der Waals surface area contributed by atoms with E-state index in [2.05, 4.69) is 4.98 Å². The van der Waals surface area contributed by atoms with Crippen molar-refractivity contribution < 1.29 is 14.6 Å². The highest BCUT2D eigenvalue weighted by Gasteiger charge is 2.27. The summed E-state index contributed by atoms with van der Waals surface area (Å²) in [5.41, 5.74) is 3.37. The summed E-state index contributed by atoms with van der Waals surface area (Å²) in [5, 5.41) is 11.2. The van der Waals surface area contributed by atoms with Crippen molar-refractivity contribution in [1.29, 1.82) is 0 Å². The number of benzene rings is 3. The summed E-state index contributed by atoms with van der Waals surface area (Å²) in [6.07, 6.45) is 0. The predicted molar refractivity (Wildman–Crippen MR) is 119 cm³/mol. The predicted octanol–water partition coefficient (Wildman–Crippen LogP) is 4.91. The van der Waals surface area contributed by atoms with Gasteiger partial charge in [-0.2, -0.15) is 0 Å². The van der Waals surface area contributed by atoms with Crippen LogP contribution in [0.3, 0.4) is 0 Å². The fourth-order valence-electron chi connectivity index (χ4n) is 3.68. The second-order valence-corrected chi connectivity index (χ2v) is 7.04. The number of ketones is 1. The van der Waals surface area contributed by atoms with Gasteiger partial charge in [0.25, 0.3) is 0 Å². The molecule has 0 saturated heterocycles. The lowest BCUT2D eigenvalue weighted by atomic mass is 10.0. The van der Waals surface area contributed by atoms with Crippen LogP contribution >= 0.6 is 0 Å². The molecule has 5 aromatic rings. The van der Waals surface area contributed by atoms with E-state index in [-0.39, 0.29) is 17.2 Å². The lowest BCUT2D eigenvalue weighted by Gasteiger charge is -2.08. The third-order valence-corrected chi connectivity index (χ3v) is 5.11. The van der Waals surface area contributed by atoms with Gasteiger partial charge in [-0.05, 0) is 43.3 Å². The van der Waals surface area contributed by atoms with E-state index in [1.54, 1.807) is 28.8 Å². The van der Waals surface area contributed by atoms with E-state index in [1.807, 2.05) is 61.5 Å². The number of aromatic hydroxyl groups is 1. The van der Waals surface area contributed by atoms with Gasteiger partial charge in [-0.15, -0.1) is 0 Å². The summed E-state index contributed by atoms with van der Waals surface area (Å²) in [5.74, 6) is 0.222. The van der Waals surface area contributed by atoms with Crippen LogP contribution < -0.4 is 4.74 Å². The number of fused-ring (bicyclic) bond motifs is 2. The largest absolute Gasteiger partial charge is 0.494 e. The summed E-state index contributed by atoms with van der Waals surface area (Å²) in [6, 6.07) is 23.6. The molecule has 0 atom stereocenters. The smallest absolute Gasteiger partial charge is 0.211 e. The number of aromatic nitrogens is 3. The molecule has 5 rings (SSSR count). The van der Waals surface area contributed by atoms with Gasteiger partial charge < -0.3 is 9.84 Å². The molecule has 0 bridgehead atoms. The fourth-order valence-corrected chi connectivity index (χ4v) is 3.68. The second kappa shape index (κ2) is 7.57. The molecule has 3 aromatic carbocycles. The van der Waals surface area contributed by atoms with E-state index < -0.39 is 0 Å². The van der Waals surface area contributed by atoms with E-state index in [0.29, 0.717) is 40.1 Å². The SMILES string of the molecule is CCOc1ccc(-n2c(O)c(C(=O)c3ccccc3)c3nc4ccccc4nc32)cc1. The zero-order valence-electron chi connectivity index (χ0n) is 16.8. The first kappa shape index (κ1) is 18.8. The molecule has 6 heteroatoms. The summed E-state index contributed by atoms with van der Waals surface area (Å²) < 4.78 is 7.08. The molecule has 0 amide bonds. The molecule has 2 aromatic heterocycles. The van der Waals surface area contributed by atoms with Gasteiger partial charge in [0.2, 0.25) is 11.7 Å². The molecule has 1 N–H and O–H groups in total. The van der Waals surface area contributed by atoms with E-state index in [4.69, 9.17) is 9.72 Å². The summed E-state index contributed by atoms with van der Waals surface area (Å²) in [6.45, 7) is 2.48. The van der Waals surface area contributed by atoms with Gasteiger partial charge in [0.1, 0.15) is 16.8 Å². The van der Waals surface area contributed by atoms with E-state index in [1.165, 1.54) is 0 Å². The maximum Gasteiger partial charge on any atom is 0.211 e. The average Bonchev–Trinajstić information content (AvgIpc) is 3.09. The Balaban J connectivity index is 1.79. The van der Waals surface area contributed by atoms with Crippen molar-refractivity contribution in [1.82, 2.24) is 14.5 Å². The lowest BCUT2D eigenvalue weighted by molar-refractivity contribution is 0.103. The molecule has 2 heterocycles. The number of hydrogen-bond acceptors (Lipinski definition) is 5. The van der Waals surface area contributed by atoms with Crippen LogP contribution in [0.4, 0.5) is 0 Å². The topological polar surface area (TPSA) is 77.2 Å². The van der Waals surface area contributed by atoms with Crippen molar-refractivity contribution in [2.75, 3.05) is 6.61 Å². The number of carbonyl (C=O) groups is 1. The standard InChI is InChI=1S/C25H19N3O3/c1-2-31-18-14-12-17(13-15-18)28-24-22(26-19-10-6-7-11-20(19)27-24)21(25(28)30)23(29)16-8-4-3-5-9-16/h3-15,30H,2H2,1H3. The third kappa shape index (κ3) is 3.18. The summed E-state index contributed by atoms with van der Waals surface area (Å²) >= 11 is 0. The highest BCUT2D eigenvalue weighted by molar-refractivity contribution is 6.18. The van der Waals surface area contributed by atoms with Gasteiger partial charge in [0.05, 0.1) is 23.3 Å². The van der Waals surface area contributed by atoms with Crippen LogP contribution in [-0.2, 0) is 0 Å². The first-order valence-electron chi connectivity index (χ1n) is 10.0. The zero-order valence-corrected chi connectivity index (χ0v) is 16.8. The fraction of sp³-hybridized carbons (Fsp3) is 0.0800. The van der Waals surface area contributed by atoms with Crippen molar-refractivity contribution in [2.24, 2.45) is 0 Å². The Morgan fingerprint density at radius 3 is 2.23 bits per heavy atom. The second-order valence-electron chi connectivity index (χ2n) is 7.04. The van der Waals surface area contributed by atoms with Crippen LogP contribution in [-0.4, -0.2) is 32.0 Å². The molecule has 0 saturated carbocycles. The monoisotopic (exact) mass is 409 g/mol. The van der Waals surface area contributed by atoms with Crippen LogP contribution in [0.2, 0.25) is 0 Å².